The van der Waals surface area contributed by atoms with Crippen LogP contribution in [0.1, 0.15) is 52.0 Å². The third-order valence-corrected chi connectivity index (χ3v) is 5.52. The highest BCUT2D eigenvalue weighted by atomic mass is 35.5. The summed E-state index contributed by atoms with van der Waals surface area (Å²) in [5.74, 6) is 0.263. The number of aliphatic hydroxyl groups is 1. The lowest BCUT2D eigenvalue weighted by Crippen LogP contribution is -2.47. The highest BCUT2D eigenvalue weighted by Crippen LogP contribution is 2.39. The summed E-state index contributed by atoms with van der Waals surface area (Å²) in [5, 5.41) is 16.8. The van der Waals surface area contributed by atoms with E-state index in [1.807, 2.05) is 45.0 Å². The molecular formula is C18H26ClN3OS. The molecule has 6 heteroatoms. The van der Waals surface area contributed by atoms with Crippen LogP contribution >= 0.6 is 24.2 Å². The average Bonchev–Trinajstić information content (AvgIpc) is 2.89. The molecule has 1 aromatic carbocycles. The summed E-state index contributed by atoms with van der Waals surface area (Å²) >= 11 is 10.6. The molecule has 2 rings (SSSR count). The van der Waals surface area contributed by atoms with Crippen LogP contribution in [0.25, 0.3) is 0 Å². The van der Waals surface area contributed by atoms with Crippen LogP contribution in [0.15, 0.2) is 35.7 Å². The lowest BCUT2D eigenvalue weighted by molar-refractivity contribution is -0.0835. The highest BCUT2D eigenvalue weighted by Gasteiger charge is 2.41. The first-order valence-corrected chi connectivity index (χ1v) is 9.00. The second-order valence-corrected chi connectivity index (χ2v) is 8.27. The number of thiol groups is 1. The first-order valence-electron chi connectivity index (χ1n) is 8.17. The molecule has 2 atom stereocenters. The maximum atomic E-state index is 11.4. The van der Waals surface area contributed by atoms with Gasteiger partial charge >= 0.3 is 0 Å². The Morgan fingerprint density at radius 3 is 2.50 bits per heavy atom. The van der Waals surface area contributed by atoms with Gasteiger partial charge in [-0.25, -0.2) is 9.67 Å². The van der Waals surface area contributed by atoms with Gasteiger partial charge in [-0.3, -0.25) is 0 Å². The van der Waals surface area contributed by atoms with Gasteiger partial charge in [0, 0.05) is 5.02 Å². The summed E-state index contributed by atoms with van der Waals surface area (Å²) in [6.45, 7) is 8.64. The molecule has 2 unspecified atom stereocenters. The molecular weight excluding hydrogens is 342 g/mol. The van der Waals surface area contributed by atoms with Crippen molar-refractivity contribution in [3.8, 4) is 0 Å². The van der Waals surface area contributed by atoms with Crippen LogP contribution < -0.4 is 0 Å². The topological polar surface area (TPSA) is 50.9 Å². The number of nitrogens with zero attached hydrogens (tertiary/aromatic N) is 3. The average molecular weight is 368 g/mol. The van der Waals surface area contributed by atoms with E-state index in [1.165, 1.54) is 6.33 Å². The third-order valence-electron chi connectivity index (χ3n) is 4.83. The summed E-state index contributed by atoms with van der Waals surface area (Å²) < 4.78 is 1.65. The van der Waals surface area contributed by atoms with E-state index in [4.69, 9.17) is 11.6 Å². The molecule has 0 spiro atoms. The molecule has 0 fully saturated rings. The smallest absolute Gasteiger partial charge is 0.183 e. The quantitative estimate of drug-likeness (QED) is 0.734. The molecule has 0 saturated heterocycles. The Balaban J connectivity index is 2.15. The van der Waals surface area contributed by atoms with Gasteiger partial charge in [0.05, 0.1) is 12.1 Å². The molecule has 0 saturated carbocycles. The van der Waals surface area contributed by atoms with Crippen molar-refractivity contribution in [2.24, 2.45) is 5.41 Å². The van der Waals surface area contributed by atoms with Crippen LogP contribution in [-0.2, 0) is 6.54 Å². The van der Waals surface area contributed by atoms with Crippen molar-refractivity contribution in [2.45, 2.75) is 63.8 Å². The fourth-order valence-corrected chi connectivity index (χ4v) is 3.29. The number of hydrogen-bond donors (Lipinski definition) is 2. The summed E-state index contributed by atoms with van der Waals surface area (Å²) in [6.07, 6.45) is 2.92. The third kappa shape index (κ3) is 4.32. The van der Waals surface area contributed by atoms with E-state index < -0.39 is 5.60 Å². The Labute approximate surface area is 154 Å². The van der Waals surface area contributed by atoms with E-state index in [1.54, 1.807) is 4.68 Å². The summed E-state index contributed by atoms with van der Waals surface area (Å²) in [6, 6.07) is 7.89. The molecule has 1 aromatic heterocycles. The molecule has 0 bridgehead atoms. The van der Waals surface area contributed by atoms with Gasteiger partial charge in [-0.1, -0.05) is 57.5 Å². The van der Waals surface area contributed by atoms with Crippen molar-refractivity contribution in [2.75, 3.05) is 0 Å². The summed E-state index contributed by atoms with van der Waals surface area (Å²) in [5.41, 5.74) is -0.112. The zero-order valence-electron chi connectivity index (χ0n) is 14.7. The van der Waals surface area contributed by atoms with Crippen LogP contribution in [-0.4, -0.2) is 25.5 Å². The molecule has 0 aliphatic heterocycles. The van der Waals surface area contributed by atoms with Crippen LogP contribution in [0.4, 0.5) is 0 Å². The van der Waals surface area contributed by atoms with Gasteiger partial charge in [0.15, 0.2) is 5.16 Å². The first kappa shape index (κ1) is 19.3. The summed E-state index contributed by atoms with van der Waals surface area (Å²) in [4.78, 5) is 4.02. The number of benzene rings is 1. The normalized spacial score (nSPS) is 16.0. The number of rotatable bonds is 6. The second-order valence-electron chi connectivity index (χ2n) is 7.46. The SMILES string of the molecule is CC(CCC(O)(Cn1ncnc1S)C(C)(C)C)c1ccccc1Cl. The molecule has 24 heavy (non-hydrogen) atoms. The lowest BCUT2D eigenvalue weighted by Gasteiger charge is -2.41. The van der Waals surface area contributed by atoms with E-state index >= 15 is 0 Å². The van der Waals surface area contributed by atoms with Crippen molar-refractivity contribution in [1.29, 1.82) is 0 Å². The Bertz CT molecular complexity index is 683. The van der Waals surface area contributed by atoms with Crippen LogP contribution in [0, 0.1) is 5.41 Å². The highest BCUT2D eigenvalue weighted by molar-refractivity contribution is 7.80. The number of halogens is 1. The van der Waals surface area contributed by atoms with Gasteiger partial charge in [-0.15, -0.1) is 12.6 Å². The van der Waals surface area contributed by atoms with E-state index in [0.717, 1.165) is 17.0 Å². The van der Waals surface area contributed by atoms with E-state index in [9.17, 15) is 5.11 Å². The maximum Gasteiger partial charge on any atom is 0.183 e. The molecule has 1 N–H and O–H groups in total. The fraction of sp³-hybridized carbons (Fsp3) is 0.556. The van der Waals surface area contributed by atoms with Gasteiger partial charge in [-0.2, -0.15) is 5.10 Å². The van der Waals surface area contributed by atoms with Crippen LogP contribution in [0.2, 0.25) is 5.02 Å². The number of aromatic nitrogens is 3. The summed E-state index contributed by atoms with van der Waals surface area (Å²) in [7, 11) is 0. The van der Waals surface area contributed by atoms with Gasteiger partial charge < -0.3 is 5.11 Å². The Kier molecular flexibility index (Phi) is 6.00. The minimum atomic E-state index is -0.923. The van der Waals surface area contributed by atoms with E-state index in [2.05, 4.69) is 29.6 Å². The monoisotopic (exact) mass is 367 g/mol. The molecule has 0 amide bonds. The standard InChI is InChI=1S/C18H26ClN3OS/c1-13(14-7-5-6-8-15(14)19)9-10-18(23,17(2,3)4)11-22-16(24)20-12-21-22/h5-8,12-13,23H,9-11H2,1-4H3,(H,20,21,24). The van der Waals surface area contributed by atoms with Gasteiger partial charge in [0.2, 0.25) is 0 Å². The molecule has 0 aliphatic rings. The van der Waals surface area contributed by atoms with Crippen LogP contribution in [0.3, 0.4) is 0 Å². The predicted octanol–water partition coefficient (Wildman–Crippen LogP) is 4.58. The Hall–Kier alpha value is -1.04. The predicted molar refractivity (Wildman–Crippen MR) is 101 cm³/mol. The molecule has 1 heterocycles. The van der Waals surface area contributed by atoms with Gasteiger partial charge in [0.25, 0.3) is 0 Å². The Morgan fingerprint density at radius 2 is 1.96 bits per heavy atom. The van der Waals surface area contributed by atoms with Crippen molar-refractivity contribution in [3.05, 3.63) is 41.2 Å². The van der Waals surface area contributed by atoms with Gasteiger partial charge in [-0.05, 0) is 35.8 Å². The fourth-order valence-electron chi connectivity index (χ4n) is 2.79. The zero-order chi connectivity index (χ0) is 18.0. The minimum Gasteiger partial charge on any atom is -0.387 e. The van der Waals surface area contributed by atoms with Crippen molar-refractivity contribution >= 4 is 24.2 Å². The molecule has 0 radical (unpaired) electrons. The van der Waals surface area contributed by atoms with Gasteiger partial charge in [0.1, 0.15) is 6.33 Å². The molecule has 0 aliphatic carbocycles. The maximum absolute atomic E-state index is 11.4. The van der Waals surface area contributed by atoms with E-state index in [-0.39, 0.29) is 11.3 Å². The van der Waals surface area contributed by atoms with Crippen molar-refractivity contribution in [1.82, 2.24) is 14.8 Å². The van der Waals surface area contributed by atoms with Crippen molar-refractivity contribution < 1.29 is 5.11 Å². The molecule has 2 aromatic rings. The minimum absolute atomic E-state index is 0.263. The first-order chi connectivity index (χ1) is 11.1. The Morgan fingerprint density at radius 1 is 1.29 bits per heavy atom. The lowest BCUT2D eigenvalue weighted by atomic mass is 9.72. The second kappa shape index (κ2) is 7.46. The largest absolute Gasteiger partial charge is 0.387 e. The van der Waals surface area contributed by atoms with Crippen LogP contribution in [0.5, 0.6) is 0 Å². The zero-order valence-corrected chi connectivity index (χ0v) is 16.3. The molecule has 132 valence electrons. The van der Waals surface area contributed by atoms with Crippen molar-refractivity contribution in [3.63, 3.8) is 0 Å². The number of hydrogen-bond acceptors (Lipinski definition) is 4. The molecule has 4 nitrogen and oxygen atoms in total. The van der Waals surface area contributed by atoms with E-state index in [0.29, 0.717) is 18.1 Å².